The minimum atomic E-state index is 0.834. The van der Waals surface area contributed by atoms with Gasteiger partial charge in [-0.05, 0) is 11.6 Å². The van der Waals surface area contributed by atoms with E-state index in [1.807, 2.05) is 30.5 Å². The highest BCUT2D eigenvalue weighted by Crippen LogP contribution is 2.15. The maximum absolute atomic E-state index is 4.33. The van der Waals surface area contributed by atoms with Crippen LogP contribution in [0, 0.1) is 0 Å². The summed E-state index contributed by atoms with van der Waals surface area (Å²) in [5.74, 6) is 0. The average Bonchev–Trinajstić information content (AvgIpc) is 2.80. The van der Waals surface area contributed by atoms with E-state index in [2.05, 4.69) is 27.1 Å². The number of benzene rings is 1. The first-order valence-corrected chi connectivity index (χ1v) is 5.24. The molecular weight excluding hydrogens is 198 g/mol. The van der Waals surface area contributed by atoms with Crippen molar-refractivity contribution in [1.82, 2.24) is 15.0 Å². The molecule has 3 aromatic rings. The van der Waals surface area contributed by atoms with Crippen LogP contribution in [0.25, 0.3) is 11.0 Å². The van der Waals surface area contributed by atoms with Gasteiger partial charge in [-0.3, -0.25) is 0 Å². The minimum absolute atomic E-state index is 0.834. The van der Waals surface area contributed by atoms with Crippen molar-refractivity contribution in [2.75, 3.05) is 0 Å². The van der Waals surface area contributed by atoms with Crippen LogP contribution in [0.1, 0.15) is 11.3 Å². The van der Waals surface area contributed by atoms with Crippen molar-refractivity contribution in [3.05, 3.63) is 60.2 Å². The van der Waals surface area contributed by atoms with Crippen LogP contribution in [0.5, 0.6) is 0 Å². The van der Waals surface area contributed by atoms with E-state index in [-0.39, 0.29) is 0 Å². The number of rotatable bonds is 2. The first-order chi connectivity index (χ1) is 7.93. The fraction of sp³-hybridized carbons (Fsp3) is 0.0769. The summed E-state index contributed by atoms with van der Waals surface area (Å²) in [5.41, 5.74) is 4.31. The second-order valence-corrected chi connectivity index (χ2v) is 3.72. The van der Waals surface area contributed by atoms with Crippen molar-refractivity contribution in [2.45, 2.75) is 6.42 Å². The van der Waals surface area contributed by atoms with Gasteiger partial charge in [0.1, 0.15) is 6.33 Å². The standard InChI is InChI=1S/C13H11N3/c1-2-4-10(5-3-1)8-12-13-11(6-7-14-13)15-9-16-12/h1-7,9,14H,8H2. The van der Waals surface area contributed by atoms with E-state index in [0.717, 1.165) is 23.1 Å². The van der Waals surface area contributed by atoms with Crippen LogP contribution in [-0.4, -0.2) is 15.0 Å². The molecule has 0 saturated heterocycles. The summed E-state index contributed by atoms with van der Waals surface area (Å²) in [6.45, 7) is 0. The van der Waals surface area contributed by atoms with Gasteiger partial charge in [0.2, 0.25) is 0 Å². The van der Waals surface area contributed by atoms with Crippen molar-refractivity contribution >= 4 is 11.0 Å². The van der Waals surface area contributed by atoms with Crippen molar-refractivity contribution < 1.29 is 0 Å². The summed E-state index contributed by atoms with van der Waals surface area (Å²) in [4.78, 5) is 11.7. The molecule has 0 bridgehead atoms. The van der Waals surface area contributed by atoms with Crippen LogP contribution in [0.3, 0.4) is 0 Å². The van der Waals surface area contributed by atoms with Crippen LogP contribution in [0.4, 0.5) is 0 Å². The van der Waals surface area contributed by atoms with Gasteiger partial charge in [0.05, 0.1) is 16.7 Å². The summed E-state index contributed by atoms with van der Waals surface area (Å²) >= 11 is 0. The highest BCUT2D eigenvalue weighted by Gasteiger charge is 2.04. The van der Waals surface area contributed by atoms with Crippen molar-refractivity contribution in [3.8, 4) is 0 Å². The molecule has 0 amide bonds. The van der Waals surface area contributed by atoms with E-state index in [1.54, 1.807) is 6.33 Å². The van der Waals surface area contributed by atoms with Crippen LogP contribution in [-0.2, 0) is 6.42 Å². The number of nitrogens with one attached hydrogen (secondary N) is 1. The Bertz CT molecular complexity index is 599. The largest absolute Gasteiger partial charge is 0.358 e. The maximum atomic E-state index is 4.33. The molecule has 3 heteroatoms. The lowest BCUT2D eigenvalue weighted by molar-refractivity contribution is 1.06. The fourth-order valence-corrected chi connectivity index (χ4v) is 1.85. The van der Waals surface area contributed by atoms with E-state index in [4.69, 9.17) is 0 Å². The second-order valence-electron chi connectivity index (χ2n) is 3.72. The second kappa shape index (κ2) is 3.77. The third kappa shape index (κ3) is 1.56. The monoisotopic (exact) mass is 209 g/mol. The van der Waals surface area contributed by atoms with Crippen LogP contribution >= 0.6 is 0 Å². The lowest BCUT2D eigenvalue weighted by atomic mass is 10.1. The first kappa shape index (κ1) is 9.09. The average molecular weight is 209 g/mol. The molecule has 3 rings (SSSR count). The SMILES string of the molecule is c1ccc(Cc2ncnc3cc[nH]c23)cc1. The van der Waals surface area contributed by atoms with Crippen LogP contribution in [0.2, 0.25) is 0 Å². The molecule has 0 aliphatic rings. The molecule has 1 aromatic carbocycles. The van der Waals surface area contributed by atoms with Crippen LogP contribution in [0.15, 0.2) is 48.9 Å². The van der Waals surface area contributed by atoms with Crippen molar-refractivity contribution in [1.29, 1.82) is 0 Å². The first-order valence-electron chi connectivity index (χ1n) is 5.24. The van der Waals surface area contributed by atoms with E-state index in [1.165, 1.54) is 5.56 Å². The van der Waals surface area contributed by atoms with Crippen molar-refractivity contribution in [3.63, 3.8) is 0 Å². The normalized spacial score (nSPS) is 10.8. The van der Waals surface area contributed by atoms with E-state index in [0.29, 0.717) is 0 Å². The van der Waals surface area contributed by atoms with E-state index >= 15 is 0 Å². The zero-order valence-corrected chi connectivity index (χ0v) is 8.72. The lowest BCUT2D eigenvalue weighted by Crippen LogP contribution is -1.94. The maximum Gasteiger partial charge on any atom is 0.116 e. The number of nitrogens with zero attached hydrogens (tertiary/aromatic N) is 2. The quantitative estimate of drug-likeness (QED) is 0.704. The topological polar surface area (TPSA) is 41.6 Å². The van der Waals surface area contributed by atoms with Gasteiger partial charge in [-0.1, -0.05) is 30.3 Å². The van der Waals surface area contributed by atoms with E-state index in [9.17, 15) is 0 Å². The zero-order chi connectivity index (χ0) is 10.8. The van der Waals surface area contributed by atoms with Gasteiger partial charge < -0.3 is 4.98 Å². The molecule has 0 aliphatic carbocycles. The molecule has 0 fully saturated rings. The Morgan fingerprint density at radius 1 is 1.00 bits per heavy atom. The van der Waals surface area contributed by atoms with Gasteiger partial charge in [-0.15, -0.1) is 0 Å². The minimum Gasteiger partial charge on any atom is -0.358 e. The summed E-state index contributed by atoms with van der Waals surface area (Å²) in [5, 5.41) is 0. The van der Waals surface area contributed by atoms with Gasteiger partial charge in [-0.2, -0.15) is 0 Å². The molecule has 0 atom stereocenters. The number of fused-ring (bicyclic) bond motifs is 1. The summed E-state index contributed by atoms with van der Waals surface area (Å²) < 4.78 is 0. The third-order valence-corrected chi connectivity index (χ3v) is 2.64. The Hall–Kier alpha value is -2.16. The molecular formula is C13H11N3. The predicted octanol–water partition coefficient (Wildman–Crippen LogP) is 2.55. The number of hydrogen-bond acceptors (Lipinski definition) is 2. The molecule has 0 radical (unpaired) electrons. The summed E-state index contributed by atoms with van der Waals surface area (Å²) in [6, 6.07) is 12.3. The van der Waals surface area contributed by atoms with Gasteiger partial charge in [0, 0.05) is 12.6 Å². The van der Waals surface area contributed by atoms with Crippen LogP contribution < -0.4 is 0 Å². The molecule has 0 unspecified atom stereocenters. The molecule has 3 nitrogen and oxygen atoms in total. The Kier molecular flexibility index (Phi) is 2.14. The van der Waals surface area contributed by atoms with E-state index < -0.39 is 0 Å². The molecule has 0 spiro atoms. The molecule has 2 aromatic heterocycles. The third-order valence-electron chi connectivity index (χ3n) is 2.64. The number of H-pyrrole nitrogens is 1. The molecule has 0 aliphatic heterocycles. The molecule has 1 N–H and O–H groups in total. The van der Waals surface area contributed by atoms with Gasteiger partial charge in [0.15, 0.2) is 0 Å². The van der Waals surface area contributed by atoms with Gasteiger partial charge >= 0.3 is 0 Å². The Labute approximate surface area is 93.2 Å². The number of hydrogen-bond donors (Lipinski definition) is 1. The summed E-state index contributed by atoms with van der Waals surface area (Å²) in [6.07, 6.45) is 4.35. The highest BCUT2D eigenvalue weighted by molar-refractivity contribution is 5.77. The summed E-state index contributed by atoms with van der Waals surface area (Å²) in [7, 11) is 0. The Balaban J connectivity index is 2.04. The number of aromatic nitrogens is 3. The molecule has 2 heterocycles. The van der Waals surface area contributed by atoms with Gasteiger partial charge in [0.25, 0.3) is 0 Å². The van der Waals surface area contributed by atoms with Gasteiger partial charge in [-0.25, -0.2) is 9.97 Å². The predicted molar refractivity (Wildman–Crippen MR) is 63.1 cm³/mol. The fourth-order valence-electron chi connectivity index (χ4n) is 1.85. The number of aromatic amines is 1. The highest BCUT2D eigenvalue weighted by atomic mass is 14.9. The Morgan fingerprint density at radius 3 is 2.75 bits per heavy atom. The molecule has 0 saturated carbocycles. The Morgan fingerprint density at radius 2 is 1.88 bits per heavy atom. The smallest absolute Gasteiger partial charge is 0.116 e. The zero-order valence-electron chi connectivity index (χ0n) is 8.72. The molecule has 78 valence electrons. The lowest BCUT2D eigenvalue weighted by Gasteiger charge is -2.01. The van der Waals surface area contributed by atoms with Crippen molar-refractivity contribution in [2.24, 2.45) is 0 Å². The molecule has 16 heavy (non-hydrogen) atoms.